The zero-order valence-corrected chi connectivity index (χ0v) is 13.5. The Labute approximate surface area is 135 Å². The van der Waals surface area contributed by atoms with E-state index in [2.05, 4.69) is 5.32 Å². The summed E-state index contributed by atoms with van der Waals surface area (Å²) in [5, 5.41) is 3.84. The number of piperidine rings is 1. The molecule has 0 aromatic heterocycles. The highest BCUT2D eigenvalue weighted by Crippen LogP contribution is 2.31. The predicted molar refractivity (Wildman–Crippen MR) is 85.1 cm³/mol. The number of halogens is 1. The van der Waals surface area contributed by atoms with Gasteiger partial charge in [0.15, 0.2) is 5.79 Å². The van der Waals surface area contributed by atoms with Crippen LogP contribution in [0.3, 0.4) is 0 Å². The minimum Gasteiger partial charge on any atom is -0.376 e. The number of nitrogens with one attached hydrogen (secondary N) is 1. The van der Waals surface area contributed by atoms with Gasteiger partial charge in [-0.3, -0.25) is 4.79 Å². The Morgan fingerprint density at radius 3 is 2.68 bits per heavy atom. The predicted octanol–water partition coefficient (Wildman–Crippen LogP) is 2.43. The maximum atomic E-state index is 12.3. The van der Waals surface area contributed by atoms with E-state index in [9.17, 15) is 4.79 Å². The molecule has 0 unspecified atom stereocenters. The molecule has 0 saturated carbocycles. The van der Waals surface area contributed by atoms with Crippen molar-refractivity contribution in [3.63, 3.8) is 0 Å². The van der Waals surface area contributed by atoms with Crippen LogP contribution in [-0.4, -0.2) is 49.4 Å². The van der Waals surface area contributed by atoms with Gasteiger partial charge in [-0.25, -0.2) is 0 Å². The van der Waals surface area contributed by atoms with Gasteiger partial charge < -0.3 is 19.7 Å². The van der Waals surface area contributed by atoms with Crippen molar-refractivity contribution in [2.45, 2.75) is 25.6 Å². The average molecular weight is 325 g/mol. The van der Waals surface area contributed by atoms with Gasteiger partial charge in [-0.05, 0) is 24.6 Å². The Balaban J connectivity index is 1.51. The van der Waals surface area contributed by atoms with E-state index in [0.717, 1.165) is 24.1 Å². The summed E-state index contributed by atoms with van der Waals surface area (Å²) < 4.78 is 11.4. The molecule has 120 valence electrons. The molecule has 1 amide bonds. The molecule has 1 N–H and O–H groups in total. The number of carbonyl (C=O) groups is 1. The Hall–Kier alpha value is -1.30. The number of nitrogens with zero attached hydrogens (tertiary/aromatic N) is 1. The molecule has 22 heavy (non-hydrogen) atoms. The second-order valence-electron chi connectivity index (χ2n) is 5.80. The summed E-state index contributed by atoms with van der Waals surface area (Å²) in [5.74, 6) is -0.347. The number of carbonyl (C=O) groups excluding carboxylic acids is 1. The maximum Gasteiger partial charge on any atom is 0.241 e. The molecule has 2 saturated heterocycles. The molecular formula is C16H21ClN2O3. The van der Waals surface area contributed by atoms with Crippen molar-refractivity contribution in [1.82, 2.24) is 4.90 Å². The molecule has 5 nitrogen and oxygen atoms in total. The third-order valence-electron chi connectivity index (χ3n) is 4.32. The standard InChI is InChI=1S/C16H21ClN2O3/c1-12-2-3-13(17)10-14(12)18-11-15(20)19-6-4-16(5-7-19)21-8-9-22-16/h2-3,10,18H,4-9,11H2,1H3. The van der Waals surface area contributed by atoms with Crippen LogP contribution in [-0.2, 0) is 14.3 Å². The lowest BCUT2D eigenvalue weighted by molar-refractivity contribution is -0.187. The Bertz CT molecular complexity index is 548. The van der Waals surface area contributed by atoms with Gasteiger partial charge in [-0.15, -0.1) is 0 Å². The summed E-state index contributed by atoms with van der Waals surface area (Å²) in [7, 11) is 0. The van der Waals surface area contributed by atoms with E-state index >= 15 is 0 Å². The second-order valence-corrected chi connectivity index (χ2v) is 6.24. The van der Waals surface area contributed by atoms with Gasteiger partial charge >= 0.3 is 0 Å². The molecule has 2 aliphatic heterocycles. The number of rotatable bonds is 3. The summed E-state index contributed by atoms with van der Waals surface area (Å²) >= 11 is 5.99. The Morgan fingerprint density at radius 1 is 1.32 bits per heavy atom. The van der Waals surface area contributed by atoms with Crippen LogP contribution >= 0.6 is 11.6 Å². The summed E-state index contributed by atoms with van der Waals surface area (Å²) in [5.41, 5.74) is 1.97. The smallest absolute Gasteiger partial charge is 0.241 e. The molecule has 2 heterocycles. The zero-order valence-electron chi connectivity index (χ0n) is 12.7. The monoisotopic (exact) mass is 324 g/mol. The fourth-order valence-corrected chi connectivity index (χ4v) is 3.12. The summed E-state index contributed by atoms with van der Waals surface area (Å²) in [6, 6.07) is 5.62. The van der Waals surface area contributed by atoms with Crippen molar-refractivity contribution in [3.05, 3.63) is 28.8 Å². The number of benzene rings is 1. The number of hydrogen-bond acceptors (Lipinski definition) is 4. The van der Waals surface area contributed by atoms with Crippen LogP contribution in [0.4, 0.5) is 5.69 Å². The van der Waals surface area contributed by atoms with Crippen molar-refractivity contribution >= 4 is 23.2 Å². The number of anilines is 1. The highest BCUT2D eigenvalue weighted by Gasteiger charge is 2.40. The quantitative estimate of drug-likeness (QED) is 0.927. The highest BCUT2D eigenvalue weighted by atomic mass is 35.5. The zero-order chi connectivity index (χ0) is 15.6. The Morgan fingerprint density at radius 2 is 2.00 bits per heavy atom. The number of ether oxygens (including phenoxy) is 2. The third-order valence-corrected chi connectivity index (χ3v) is 4.56. The highest BCUT2D eigenvalue weighted by molar-refractivity contribution is 6.30. The van der Waals surface area contributed by atoms with Crippen LogP contribution in [0.2, 0.25) is 5.02 Å². The molecule has 2 aliphatic rings. The Kier molecular flexibility index (Phi) is 4.57. The SMILES string of the molecule is Cc1ccc(Cl)cc1NCC(=O)N1CCC2(CC1)OCCO2. The van der Waals surface area contributed by atoms with Gasteiger partial charge in [0.25, 0.3) is 0 Å². The molecule has 1 aromatic rings. The van der Waals surface area contributed by atoms with E-state index in [1.807, 2.05) is 30.0 Å². The van der Waals surface area contributed by atoms with Crippen molar-refractivity contribution in [2.75, 3.05) is 38.2 Å². The van der Waals surface area contributed by atoms with Crippen molar-refractivity contribution in [3.8, 4) is 0 Å². The van der Waals surface area contributed by atoms with Crippen LogP contribution in [0, 0.1) is 6.92 Å². The van der Waals surface area contributed by atoms with Crippen molar-refractivity contribution in [2.24, 2.45) is 0 Å². The van der Waals surface area contributed by atoms with E-state index in [0.29, 0.717) is 31.3 Å². The van der Waals surface area contributed by atoms with Crippen LogP contribution < -0.4 is 5.32 Å². The first-order valence-corrected chi connectivity index (χ1v) is 8.01. The number of hydrogen-bond donors (Lipinski definition) is 1. The van der Waals surface area contributed by atoms with Gasteiger partial charge in [-0.1, -0.05) is 17.7 Å². The van der Waals surface area contributed by atoms with Crippen LogP contribution in [0.5, 0.6) is 0 Å². The minimum absolute atomic E-state index is 0.0900. The summed E-state index contributed by atoms with van der Waals surface area (Å²) in [4.78, 5) is 14.2. The fourth-order valence-electron chi connectivity index (χ4n) is 2.95. The van der Waals surface area contributed by atoms with Crippen molar-refractivity contribution in [1.29, 1.82) is 0 Å². The molecule has 3 rings (SSSR count). The first kappa shape index (κ1) is 15.6. The summed E-state index contributed by atoms with van der Waals surface area (Å²) in [6.07, 6.45) is 1.49. The lowest BCUT2D eigenvalue weighted by atomic mass is 10.0. The molecular weight excluding hydrogens is 304 g/mol. The van der Waals surface area contributed by atoms with E-state index in [4.69, 9.17) is 21.1 Å². The number of aryl methyl sites for hydroxylation is 1. The van der Waals surface area contributed by atoms with E-state index in [1.54, 1.807) is 0 Å². The van der Waals surface area contributed by atoms with Gasteiger partial charge in [0.2, 0.25) is 5.91 Å². The lowest BCUT2D eigenvalue weighted by Gasteiger charge is -2.37. The first-order chi connectivity index (χ1) is 10.6. The van der Waals surface area contributed by atoms with Gasteiger partial charge in [0.05, 0.1) is 19.8 Å². The van der Waals surface area contributed by atoms with E-state index in [-0.39, 0.29) is 12.5 Å². The van der Waals surface area contributed by atoms with Crippen molar-refractivity contribution < 1.29 is 14.3 Å². The summed E-state index contributed by atoms with van der Waals surface area (Å²) in [6.45, 7) is 4.93. The van der Waals surface area contributed by atoms with Gasteiger partial charge in [-0.2, -0.15) is 0 Å². The molecule has 6 heteroatoms. The molecule has 1 aromatic carbocycles. The minimum atomic E-state index is -0.437. The van der Waals surface area contributed by atoms with Gasteiger partial charge in [0.1, 0.15) is 0 Å². The fraction of sp³-hybridized carbons (Fsp3) is 0.562. The van der Waals surface area contributed by atoms with Gasteiger partial charge in [0, 0.05) is 36.6 Å². The number of amides is 1. The number of likely N-dealkylation sites (tertiary alicyclic amines) is 1. The third kappa shape index (κ3) is 3.37. The lowest BCUT2D eigenvalue weighted by Crippen LogP contribution is -2.48. The van der Waals surface area contributed by atoms with Crippen LogP contribution in [0.1, 0.15) is 18.4 Å². The first-order valence-electron chi connectivity index (χ1n) is 7.64. The second kappa shape index (κ2) is 6.44. The molecule has 1 spiro atoms. The van der Waals surface area contributed by atoms with E-state index < -0.39 is 5.79 Å². The molecule has 0 atom stereocenters. The largest absolute Gasteiger partial charge is 0.376 e. The normalized spacial score (nSPS) is 20.4. The maximum absolute atomic E-state index is 12.3. The topological polar surface area (TPSA) is 50.8 Å². The average Bonchev–Trinajstić information content (AvgIpc) is 2.97. The van der Waals surface area contributed by atoms with Crippen LogP contribution in [0.25, 0.3) is 0 Å². The van der Waals surface area contributed by atoms with Crippen LogP contribution in [0.15, 0.2) is 18.2 Å². The molecule has 0 radical (unpaired) electrons. The molecule has 2 fully saturated rings. The van der Waals surface area contributed by atoms with E-state index in [1.165, 1.54) is 0 Å². The molecule has 0 aliphatic carbocycles. The molecule has 0 bridgehead atoms.